The molecule has 1 aliphatic heterocycles. The fraction of sp³-hybridized carbons (Fsp3) is 0.400. The van der Waals surface area contributed by atoms with Gasteiger partial charge < -0.3 is 28.3 Å². The van der Waals surface area contributed by atoms with Crippen LogP contribution in [-0.4, -0.2) is 70.3 Å². The molecule has 2 aromatic carbocycles. The lowest BCUT2D eigenvalue weighted by Crippen LogP contribution is -2.41. The molecule has 2 atom stereocenters. The Morgan fingerprint density at radius 1 is 0.732 bits per heavy atom. The number of Topliss-reactive ketones (excluding diaryl/α,β-unsaturated/α-hetero) is 2. The average molecular weight is 912 g/mol. The van der Waals surface area contributed by atoms with Gasteiger partial charge in [-0.25, -0.2) is 0 Å². The van der Waals surface area contributed by atoms with Gasteiger partial charge >= 0.3 is 19.1 Å². The van der Waals surface area contributed by atoms with Crippen LogP contribution in [0.3, 0.4) is 0 Å². The quantitative estimate of drug-likeness (QED) is 0.0771. The van der Waals surface area contributed by atoms with E-state index < -0.39 is 11.8 Å². The van der Waals surface area contributed by atoms with Crippen LogP contribution >= 0.6 is 65.6 Å². The molecule has 1 saturated heterocycles. The fourth-order valence-electron chi connectivity index (χ4n) is 5.21. The van der Waals surface area contributed by atoms with Crippen molar-refractivity contribution in [1.82, 2.24) is 0 Å². The number of fused-ring (bicyclic) bond motifs is 2. The molecule has 306 valence electrons. The van der Waals surface area contributed by atoms with Gasteiger partial charge in [0.15, 0.2) is 11.6 Å². The highest BCUT2D eigenvalue weighted by Crippen LogP contribution is 2.38. The van der Waals surface area contributed by atoms with Crippen LogP contribution in [0.5, 0.6) is 11.5 Å². The predicted molar refractivity (Wildman–Crippen MR) is 242 cm³/mol. The molecule has 3 heterocycles. The number of methoxy groups -OCH3 is 4. The second-order valence-electron chi connectivity index (χ2n) is 13.5. The van der Waals surface area contributed by atoms with Crippen molar-refractivity contribution < 1.29 is 47.4 Å². The minimum absolute atomic E-state index is 0. The number of benzene rings is 2. The van der Waals surface area contributed by atoms with Crippen LogP contribution in [0, 0.1) is 11.8 Å². The number of ketones is 2. The third-order valence-electron chi connectivity index (χ3n) is 9.08. The van der Waals surface area contributed by atoms with E-state index in [-0.39, 0.29) is 81.7 Å². The van der Waals surface area contributed by atoms with E-state index in [1.54, 1.807) is 40.1 Å². The molecule has 0 radical (unpaired) electrons. The molecule has 0 unspecified atom stereocenters. The molecule has 10 nitrogen and oxygen atoms in total. The Morgan fingerprint density at radius 2 is 1.14 bits per heavy atom. The van der Waals surface area contributed by atoms with E-state index in [2.05, 4.69) is 38.6 Å². The molecular weight excluding hydrogens is 859 g/mol. The van der Waals surface area contributed by atoms with Crippen molar-refractivity contribution in [3.63, 3.8) is 0 Å². The first-order valence-electron chi connectivity index (χ1n) is 17.1. The number of carbonyl (C=O) groups is 4. The molecule has 4 aromatic rings. The highest BCUT2D eigenvalue weighted by Gasteiger charge is 2.49. The Kier molecular flexibility index (Phi) is 20.1. The van der Waals surface area contributed by atoms with Gasteiger partial charge in [0.2, 0.25) is 0 Å². The molecule has 1 aliphatic rings. The Balaban J connectivity index is 0.000000434. The van der Waals surface area contributed by atoms with Crippen molar-refractivity contribution in [2.24, 2.45) is 11.8 Å². The second kappa shape index (κ2) is 22.1. The first kappa shape index (κ1) is 50.9. The van der Waals surface area contributed by atoms with Gasteiger partial charge in [0, 0.05) is 27.8 Å². The monoisotopic (exact) mass is 910 g/mol. The van der Waals surface area contributed by atoms with Gasteiger partial charge in [-0.1, -0.05) is 32.5 Å². The highest BCUT2D eigenvalue weighted by molar-refractivity contribution is 9.10. The average Bonchev–Trinajstić information content (AvgIpc) is 3.82. The standard InChI is InChI=1S/C17H18O4S.C15H15BrO4S.C8H15BO2.2H2S/c1-5-11-7-12-8-16(22-15(12)9-14(11)20-3)13(18)6-10(2)17(19)21-4;1-8(15(18)20-3)4-11(17)14-6-9-5-10(16)12(19-2)7-13(9)21-14;1-6-9-10-7(2,3)8(4,5)11-9;;/h5,7-10H,1,6H2,2-4H3;5-8H,4H2,1-3H3;6H,1H2,2-5H3;2*1H2/t10-;8-;;;/m00.../s1. The molecule has 0 N–H and O–H groups in total. The lowest BCUT2D eigenvalue weighted by Gasteiger charge is -2.32. The Labute approximate surface area is 360 Å². The summed E-state index contributed by atoms with van der Waals surface area (Å²) in [6.07, 6.45) is 2.01. The molecule has 56 heavy (non-hydrogen) atoms. The normalized spacial score (nSPS) is 14.6. The number of halogens is 1. The number of hydrogen-bond acceptors (Lipinski definition) is 12. The zero-order chi connectivity index (χ0) is 40.5. The fourth-order valence-corrected chi connectivity index (χ4v) is 7.77. The van der Waals surface area contributed by atoms with E-state index in [0.29, 0.717) is 9.75 Å². The summed E-state index contributed by atoms with van der Waals surface area (Å²) in [5, 5.41) is 1.94. The van der Waals surface area contributed by atoms with Crippen molar-refractivity contribution in [2.75, 3.05) is 28.4 Å². The van der Waals surface area contributed by atoms with Crippen LogP contribution in [-0.2, 0) is 28.4 Å². The summed E-state index contributed by atoms with van der Waals surface area (Å²) in [6.45, 7) is 18.9. The zero-order valence-corrected chi connectivity index (χ0v) is 38.7. The molecule has 0 spiro atoms. The zero-order valence-electron chi connectivity index (χ0n) is 33.5. The summed E-state index contributed by atoms with van der Waals surface area (Å²) in [5.41, 5.74) is 0.423. The molecule has 16 heteroatoms. The molecule has 1 fully saturated rings. The van der Waals surface area contributed by atoms with Crippen molar-refractivity contribution in [1.29, 1.82) is 0 Å². The maximum atomic E-state index is 12.3. The SMILES string of the molecule is C=CB1OC(C)(C)C(C)(C)O1.C=Cc1cc2cc(C(=O)C[C@H](C)C(=O)OC)sc2cc1OC.COC(=O)[C@@H](C)CC(=O)c1cc2cc(Br)c(OC)cc2s1.S.S. The summed E-state index contributed by atoms with van der Waals surface area (Å²) >= 11 is 6.23. The summed E-state index contributed by atoms with van der Waals surface area (Å²) in [7, 11) is 5.61. The smallest absolute Gasteiger partial charge is 0.486 e. The molecule has 2 aromatic heterocycles. The number of carbonyl (C=O) groups excluding carboxylic acids is 4. The van der Waals surface area contributed by atoms with E-state index in [9.17, 15) is 19.2 Å². The van der Waals surface area contributed by atoms with Gasteiger partial charge in [-0.05, 0) is 90.8 Å². The van der Waals surface area contributed by atoms with E-state index in [4.69, 9.17) is 18.8 Å². The second-order valence-corrected chi connectivity index (χ2v) is 16.6. The van der Waals surface area contributed by atoms with Gasteiger partial charge in [-0.3, -0.25) is 19.2 Å². The third kappa shape index (κ3) is 12.7. The van der Waals surface area contributed by atoms with E-state index in [1.165, 1.54) is 36.9 Å². The van der Waals surface area contributed by atoms with Crippen molar-refractivity contribution in [3.05, 3.63) is 75.3 Å². The van der Waals surface area contributed by atoms with Gasteiger partial charge in [-0.2, -0.15) is 27.0 Å². The number of rotatable bonds is 12. The molecule has 0 saturated carbocycles. The number of ether oxygens (including phenoxy) is 4. The van der Waals surface area contributed by atoms with E-state index in [1.807, 2.05) is 64.1 Å². The van der Waals surface area contributed by atoms with Crippen molar-refractivity contribution in [3.8, 4) is 11.5 Å². The molecular formula is C40H52BBrO10S4. The minimum Gasteiger partial charge on any atom is -0.496 e. The lowest BCUT2D eigenvalue weighted by atomic mass is 9.90. The Morgan fingerprint density at radius 3 is 1.50 bits per heavy atom. The van der Waals surface area contributed by atoms with Gasteiger partial charge in [0.1, 0.15) is 11.5 Å². The molecule has 0 bridgehead atoms. The van der Waals surface area contributed by atoms with Crippen LogP contribution < -0.4 is 9.47 Å². The highest BCUT2D eigenvalue weighted by atomic mass is 79.9. The van der Waals surface area contributed by atoms with Crippen molar-refractivity contribution in [2.45, 2.75) is 65.6 Å². The van der Waals surface area contributed by atoms with Crippen LogP contribution in [0.1, 0.15) is 79.3 Å². The number of thiophene rings is 2. The third-order valence-corrected chi connectivity index (χ3v) is 12.0. The van der Waals surface area contributed by atoms with Crippen LogP contribution in [0.25, 0.3) is 26.2 Å². The maximum absolute atomic E-state index is 12.3. The van der Waals surface area contributed by atoms with E-state index in [0.717, 1.165) is 41.7 Å². The van der Waals surface area contributed by atoms with Gasteiger partial charge in [0.25, 0.3) is 0 Å². The minimum atomic E-state index is -0.444. The largest absolute Gasteiger partial charge is 0.496 e. The lowest BCUT2D eigenvalue weighted by molar-refractivity contribution is -0.145. The predicted octanol–water partition coefficient (Wildman–Crippen LogP) is 10.0. The van der Waals surface area contributed by atoms with E-state index >= 15 is 0 Å². The summed E-state index contributed by atoms with van der Waals surface area (Å²) in [5.74, 6) is 1.41. The van der Waals surface area contributed by atoms with Gasteiger partial charge in [0.05, 0.1) is 65.7 Å². The number of esters is 2. The molecule has 0 amide bonds. The summed E-state index contributed by atoms with van der Waals surface area (Å²) in [6, 6.07) is 11.3. The van der Waals surface area contributed by atoms with Crippen LogP contribution in [0.15, 0.2) is 60.0 Å². The molecule has 0 aliphatic carbocycles. The molecule has 5 rings (SSSR count). The summed E-state index contributed by atoms with van der Waals surface area (Å²) in [4.78, 5) is 48.6. The number of hydrogen-bond donors (Lipinski definition) is 0. The van der Waals surface area contributed by atoms with Crippen LogP contribution in [0.4, 0.5) is 0 Å². The topological polar surface area (TPSA) is 124 Å². The van der Waals surface area contributed by atoms with Gasteiger partial charge in [-0.15, -0.1) is 29.3 Å². The first-order chi connectivity index (χ1) is 25.3. The van der Waals surface area contributed by atoms with Crippen LogP contribution in [0.2, 0.25) is 0 Å². The summed E-state index contributed by atoms with van der Waals surface area (Å²) < 4.78 is 33.8. The van der Waals surface area contributed by atoms with Crippen molar-refractivity contribution >= 4 is 122 Å². The Bertz CT molecular complexity index is 2010. The first-order valence-corrected chi connectivity index (χ1v) is 19.5. The Hall–Kier alpha value is -3.12. The maximum Gasteiger partial charge on any atom is 0.486 e.